The number of carbonyl (C=O) groups is 2. The van der Waals surface area contributed by atoms with E-state index in [9.17, 15) is 14.9 Å². The average Bonchev–Trinajstić information content (AvgIpc) is 2.96. The molecule has 2 heterocycles. The Morgan fingerprint density at radius 1 is 1.12 bits per heavy atom. The zero-order valence-electron chi connectivity index (χ0n) is 23.9. The standard InChI is InChI=1S/C31H38N8O2/c1-21(11-14-34-30(40)29-22(2)35-20-36-23(29)3)38-15-12-28(13-16-38)39(19-25-6-4-5-24(17-25)18-32)27-9-7-26(8-10-27)37-31(33)41/h4-10,17,20-21,28H,11-16,19H2,1-3H3,(H,34,40)(H3,33,37,41). The number of nitriles is 1. The van der Waals surface area contributed by atoms with E-state index in [1.54, 1.807) is 0 Å². The quantitative estimate of drug-likeness (QED) is 0.342. The number of hydrogen-bond acceptors (Lipinski definition) is 7. The molecule has 1 atom stereocenters. The fourth-order valence-corrected chi connectivity index (χ4v) is 5.47. The van der Waals surface area contributed by atoms with Crippen LogP contribution >= 0.6 is 0 Å². The van der Waals surface area contributed by atoms with Crippen molar-refractivity contribution in [2.75, 3.05) is 29.9 Å². The Labute approximate surface area is 241 Å². The van der Waals surface area contributed by atoms with Gasteiger partial charge in [-0.3, -0.25) is 4.79 Å². The summed E-state index contributed by atoms with van der Waals surface area (Å²) in [6.45, 7) is 9.01. The van der Waals surface area contributed by atoms with Gasteiger partial charge in [0, 0.05) is 49.6 Å². The van der Waals surface area contributed by atoms with Crippen LogP contribution in [0, 0.1) is 25.2 Å². The molecule has 0 saturated carbocycles. The summed E-state index contributed by atoms with van der Waals surface area (Å²) >= 11 is 0. The smallest absolute Gasteiger partial charge is 0.316 e. The molecular weight excluding hydrogens is 516 g/mol. The van der Waals surface area contributed by atoms with Gasteiger partial charge in [0.05, 0.1) is 28.6 Å². The number of benzene rings is 2. The number of primary amides is 1. The molecule has 10 heteroatoms. The van der Waals surface area contributed by atoms with E-state index in [1.807, 2.05) is 62.4 Å². The lowest BCUT2D eigenvalue weighted by Gasteiger charge is -2.42. The van der Waals surface area contributed by atoms with Gasteiger partial charge in [0.15, 0.2) is 0 Å². The molecule has 1 unspecified atom stereocenters. The molecule has 0 radical (unpaired) electrons. The summed E-state index contributed by atoms with van der Waals surface area (Å²) in [6.07, 6.45) is 4.29. The second-order valence-electron chi connectivity index (χ2n) is 10.6. The number of piperidine rings is 1. The molecule has 3 aromatic rings. The normalized spacial score (nSPS) is 14.6. The van der Waals surface area contributed by atoms with E-state index in [1.165, 1.54) is 6.33 Å². The molecule has 1 aliphatic rings. The van der Waals surface area contributed by atoms with Gasteiger partial charge in [0.1, 0.15) is 6.33 Å². The molecule has 1 aliphatic heterocycles. The summed E-state index contributed by atoms with van der Waals surface area (Å²) in [7, 11) is 0. The van der Waals surface area contributed by atoms with Crippen molar-refractivity contribution in [2.45, 2.75) is 58.7 Å². The van der Waals surface area contributed by atoms with Crippen LogP contribution in [-0.2, 0) is 6.54 Å². The maximum atomic E-state index is 12.7. The lowest BCUT2D eigenvalue weighted by atomic mass is 9.99. The predicted octanol–water partition coefficient (Wildman–Crippen LogP) is 4.14. The molecular formula is C31H38N8O2. The van der Waals surface area contributed by atoms with E-state index in [0.717, 1.165) is 43.6 Å². The number of nitrogens with two attached hydrogens (primary N) is 1. The van der Waals surface area contributed by atoms with E-state index in [4.69, 9.17) is 5.73 Å². The van der Waals surface area contributed by atoms with Crippen molar-refractivity contribution in [3.8, 4) is 6.07 Å². The Bertz CT molecular complexity index is 1370. The van der Waals surface area contributed by atoms with Crippen molar-refractivity contribution >= 4 is 23.3 Å². The Morgan fingerprint density at radius 3 is 2.44 bits per heavy atom. The van der Waals surface area contributed by atoms with E-state index >= 15 is 0 Å². The highest BCUT2D eigenvalue weighted by Crippen LogP contribution is 2.28. The number of nitrogens with zero attached hydrogens (tertiary/aromatic N) is 5. The molecule has 3 amide bonds. The number of rotatable bonds is 10. The molecule has 1 saturated heterocycles. The maximum Gasteiger partial charge on any atom is 0.316 e. The van der Waals surface area contributed by atoms with Crippen molar-refractivity contribution in [1.29, 1.82) is 5.26 Å². The van der Waals surface area contributed by atoms with Gasteiger partial charge in [-0.2, -0.15) is 5.26 Å². The maximum absolute atomic E-state index is 12.7. The van der Waals surface area contributed by atoms with E-state index < -0.39 is 6.03 Å². The minimum absolute atomic E-state index is 0.125. The fraction of sp³-hybridized carbons (Fsp3) is 0.387. The number of urea groups is 1. The molecule has 4 rings (SSSR count). The number of carbonyl (C=O) groups excluding carboxylic acids is 2. The van der Waals surface area contributed by atoms with Crippen LogP contribution in [0.25, 0.3) is 0 Å². The Balaban J connectivity index is 1.37. The highest BCUT2D eigenvalue weighted by molar-refractivity contribution is 5.96. The molecule has 1 fully saturated rings. The van der Waals surface area contributed by atoms with Crippen molar-refractivity contribution in [3.05, 3.63) is 82.9 Å². The number of aromatic nitrogens is 2. The number of hydrogen-bond donors (Lipinski definition) is 3. The first-order chi connectivity index (χ1) is 19.7. The third-order valence-electron chi connectivity index (χ3n) is 7.74. The molecule has 10 nitrogen and oxygen atoms in total. The van der Waals surface area contributed by atoms with Crippen LogP contribution in [0.15, 0.2) is 54.9 Å². The molecule has 41 heavy (non-hydrogen) atoms. The highest BCUT2D eigenvalue weighted by Gasteiger charge is 2.27. The second-order valence-corrected chi connectivity index (χ2v) is 10.6. The van der Waals surface area contributed by atoms with Gasteiger partial charge in [-0.05, 0) is 82.0 Å². The van der Waals surface area contributed by atoms with Gasteiger partial charge >= 0.3 is 6.03 Å². The van der Waals surface area contributed by atoms with Crippen molar-refractivity contribution in [1.82, 2.24) is 20.2 Å². The monoisotopic (exact) mass is 554 g/mol. The number of aryl methyl sites for hydroxylation is 2. The third-order valence-corrected chi connectivity index (χ3v) is 7.74. The molecule has 0 spiro atoms. The highest BCUT2D eigenvalue weighted by atomic mass is 16.2. The van der Waals surface area contributed by atoms with Crippen molar-refractivity contribution < 1.29 is 9.59 Å². The first-order valence-corrected chi connectivity index (χ1v) is 14.0. The summed E-state index contributed by atoms with van der Waals surface area (Å²) in [5, 5.41) is 15.0. The lowest BCUT2D eigenvalue weighted by molar-refractivity contribution is 0.0943. The zero-order chi connectivity index (χ0) is 29.4. The van der Waals surface area contributed by atoms with Crippen molar-refractivity contribution in [2.24, 2.45) is 5.73 Å². The van der Waals surface area contributed by atoms with Crippen LogP contribution in [0.4, 0.5) is 16.2 Å². The van der Waals surface area contributed by atoms with Crippen LogP contribution in [0.5, 0.6) is 0 Å². The zero-order valence-corrected chi connectivity index (χ0v) is 23.9. The first kappa shape index (κ1) is 29.5. The molecule has 0 aliphatic carbocycles. The van der Waals surface area contributed by atoms with E-state index in [-0.39, 0.29) is 5.91 Å². The topological polar surface area (TPSA) is 140 Å². The van der Waals surface area contributed by atoms with Gasteiger partial charge in [-0.25, -0.2) is 14.8 Å². The SMILES string of the molecule is Cc1ncnc(C)c1C(=O)NCCC(C)N1CCC(N(Cc2cccc(C#N)c2)c2ccc(NC(N)=O)cc2)CC1. The summed E-state index contributed by atoms with van der Waals surface area (Å²) in [5.74, 6) is -0.125. The van der Waals surface area contributed by atoms with Gasteiger partial charge in [0.25, 0.3) is 5.91 Å². The number of anilines is 2. The van der Waals surface area contributed by atoms with Crippen LogP contribution in [0.3, 0.4) is 0 Å². The predicted molar refractivity (Wildman–Crippen MR) is 160 cm³/mol. The molecule has 2 aromatic carbocycles. The van der Waals surface area contributed by atoms with Crippen LogP contribution in [0.1, 0.15) is 59.1 Å². The Hall–Kier alpha value is -4.49. The summed E-state index contributed by atoms with van der Waals surface area (Å²) in [5.41, 5.74) is 10.6. The summed E-state index contributed by atoms with van der Waals surface area (Å²) < 4.78 is 0. The van der Waals surface area contributed by atoms with Gasteiger partial charge in [-0.15, -0.1) is 0 Å². The molecule has 1 aromatic heterocycles. The second kappa shape index (κ2) is 13.7. The Morgan fingerprint density at radius 2 is 1.80 bits per heavy atom. The minimum Gasteiger partial charge on any atom is -0.364 e. The van der Waals surface area contributed by atoms with Gasteiger partial charge in [0.2, 0.25) is 0 Å². The van der Waals surface area contributed by atoms with Crippen LogP contribution in [0.2, 0.25) is 0 Å². The summed E-state index contributed by atoms with van der Waals surface area (Å²) in [6, 6.07) is 17.7. The largest absolute Gasteiger partial charge is 0.364 e. The third kappa shape index (κ3) is 7.80. The Kier molecular flexibility index (Phi) is 9.87. The first-order valence-electron chi connectivity index (χ1n) is 14.0. The minimum atomic E-state index is -0.594. The van der Waals surface area contributed by atoms with Crippen LogP contribution in [-0.4, -0.2) is 58.5 Å². The lowest BCUT2D eigenvalue weighted by Crippen LogP contribution is -2.48. The molecule has 4 N–H and O–H groups in total. The van der Waals surface area contributed by atoms with Crippen molar-refractivity contribution in [3.63, 3.8) is 0 Å². The number of likely N-dealkylation sites (tertiary alicyclic amines) is 1. The summed E-state index contributed by atoms with van der Waals surface area (Å²) in [4.78, 5) is 37.1. The van der Waals surface area contributed by atoms with E-state index in [0.29, 0.717) is 53.4 Å². The molecule has 214 valence electrons. The van der Waals surface area contributed by atoms with Gasteiger partial charge < -0.3 is 26.2 Å². The van der Waals surface area contributed by atoms with Gasteiger partial charge in [-0.1, -0.05) is 12.1 Å². The fourth-order valence-electron chi connectivity index (χ4n) is 5.47. The molecule has 0 bridgehead atoms. The average molecular weight is 555 g/mol. The van der Waals surface area contributed by atoms with E-state index in [2.05, 4.69) is 43.4 Å². The number of amides is 3. The van der Waals surface area contributed by atoms with Crippen LogP contribution < -0.4 is 21.3 Å². The number of nitrogens with one attached hydrogen (secondary N) is 2.